The summed E-state index contributed by atoms with van der Waals surface area (Å²) >= 11 is 0. The summed E-state index contributed by atoms with van der Waals surface area (Å²) in [5, 5.41) is 6.23. The highest BCUT2D eigenvalue weighted by atomic mass is 19.4. The molecule has 1 saturated heterocycles. The van der Waals surface area contributed by atoms with Gasteiger partial charge in [-0.1, -0.05) is 17.3 Å². The van der Waals surface area contributed by atoms with Crippen molar-refractivity contribution in [1.82, 2.24) is 20.4 Å². The van der Waals surface area contributed by atoms with Gasteiger partial charge in [-0.15, -0.1) is 0 Å². The number of carbonyl (C=O) groups is 1. The van der Waals surface area contributed by atoms with Crippen molar-refractivity contribution in [2.45, 2.75) is 25.4 Å². The van der Waals surface area contributed by atoms with Crippen LogP contribution in [0, 0.1) is 11.8 Å². The maximum absolute atomic E-state index is 12.5. The van der Waals surface area contributed by atoms with E-state index in [9.17, 15) is 18.0 Å². The molecular weight excluding hydrogens is 373 g/mol. The average molecular weight is 394 g/mol. The number of hydrogen-bond acceptors (Lipinski definition) is 5. The highest BCUT2D eigenvalue weighted by Gasteiger charge is 2.38. The lowest BCUT2D eigenvalue weighted by Crippen LogP contribution is -2.41. The summed E-state index contributed by atoms with van der Waals surface area (Å²) < 4.78 is 41.8. The number of fused-ring (bicyclic) bond motifs is 2. The maximum atomic E-state index is 12.5. The van der Waals surface area contributed by atoms with Crippen molar-refractivity contribution in [2.75, 3.05) is 26.2 Å². The van der Waals surface area contributed by atoms with Gasteiger partial charge in [-0.25, -0.2) is 0 Å². The van der Waals surface area contributed by atoms with Crippen molar-refractivity contribution >= 4 is 5.91 Å². The Bertz CT molecular complexity index is 822. The number of likely N-dealkylation sites (tertiary alicyclic amines) is 1. The summed E-state index contributed by atoms with van der Waals surface area (Å²) in [6.45, 7) is 3.64. The average Bonchev–Trinajstić information content (AvgIpc) is 3.29. The van der Waals surface area contributed by atoms with Gasteiger partial charge in [0.2, 0.25) is 5.82 Å². The van der Waals surface area contributed by atoms with Crippen LogP contribution in [0.5, 0.6) is 0 Å². The molecule has 0 radical (unpaired) electrons. The molecule has 0 spiro atoms. The molecule has 1 aromatic heterocycles. The predicted octanol–water partition coefficient (Wildman–Crippen LogP) is 3.22. The normalized spacial score (nSPS) is 22.4. The Labute approximate surface area is 160 Å². The van der Waals surface area contributed by atoms with E-state index in [4.69, 9.17) is 0 Å². The molecule has 2 bridgehead atoms. The number of aromatic nitrogens is 2. The van der Waals surface area contributed by atoms with Gasteiger partial charge in [0.05, 0.1) is 0 Å². The molecule has 1 saturated carbocycles. The summed E-state index contributed by atoms with van der Waals surface area (Å²) in [5.74, 6) is -0.153. The fourth-order valence-electron chi connectivity index (χ4n) is 4.15. The first kappa shape index (κ1) is 18.9. The second kappa shape index (κ2) is 7.54. The highest BCUT2D eigenvalue weighted by molar-refractivity contribution is 5.94. The van der Waals surface area contributed by atoms with Gasteiger partial charge in [0.25, 0.3) is 5.91 Å². The van der Waals surface area contributed by atoms with E-state index in [0.717, 1.165) is 31.5 Å². The molecule has 9 heteroatoms. The van der Waals surface area contributed by atoms with Gasteiger partial charge in [-0.2, -0.15) is 18.2 Å². The van der Waals surface area contributed by atoms with E-state index >= 15 is 0 Å². The van der Waals surface area contributed by atoms with Crippen LogP contribution in [0.4, 0.5) is 13.2 Å². The van der Waals surface area contributed by atoms with Crippen LogP contribution in [0.2, 0.25) is 0 Å². The van der Waals surface area contributed by atoms with E-state index in [1.165, 1.54) is 43.5 Å². The van der Waals surface area contributed by atoms with Crippen molar-refractivity contribution in [1.29, 1.82) is 0 Å². The molecule has 1 aliphatic carbocycles. The second-order valence-electron chi connectivity index (χ2n) is 7.56. The number of nitrogens with one attached hydrogen (secondary N) is 1. The van der Waals surface area contributed by atoms with Gasteiger partial charge < -0.3 is 14.7 Å². The smallest absolute Gasteiger partial charge is 0.351 e. The van der Waals surface area contributed by atoms with E-state index in [0.29, 0.717) is 17.7 Å². The number of benzene rings is 1. The Morgan fingerprint density at radius 1 is 1.18 bits per heavy atom. The van der Waals surface area contributed by atoms with E-state index in [1.54, 1.807) is 0 Å². The van der Waals surface area contributed by atoms with Crippen molar-refractivity contribution < 1.29 is 22.5 Å². The molecule has 28 heavy (non-hydrogen) atoms. The summed E-state index contributed by atoms with van der Waals surface area (Å²) in [5.41, 5.74) is 0.779. The lowest BCUT2D eigenvalue weighted by atomic mass is 9.99. The number of carbonyl (C=O) groups excluding carboxylic acids is 1. The molecule has 150 valence electrons. The zero-order valence-corrected chi connectivity index (χ0v) is 15.2. The Kier molecular flexibility index (Phi) is 5.09. The maximum Gasteiger partial charge on any atom is 0.471 e. The lowest BCUT2D eigenvalue weighted by molar-refractivity contribution is -0.159. The molecule has 1 N–H and O–H groups in total. The molecule has 1 aliphatic heterocycles. The molecule has 2 aliphatic rings. The fraction of sp³-hybridized carbons (Fsp3) is 0.526. The number of halogens is 3. The zero-order chi connectivity index (χ0) is 19.7. The molecule has 2 fully saturated rings. The quantitative estimate of drug-likeness (QED) is 0.843. The van der Waals surface area contributed by atoms with Crippen LogP contribution < -0.4 is 5.32 Å². The molecule has 4 rings (SSSR count). The zero-order valence-electron chi connectivity index (χ0n) is 15.2. The van der Waals surface area contributed by atoms with E-state index in [2.05, 4.69) is 24.9 Å². The number of piperidine rings is 1. The number of nitrogens with zero attached hydrogens (tertiary/aromatic N) is 3. The molecule has 1 aromatic carbocycles. The Morgan fingerprint density at radius 3 is 2.46 bits per heavy atom. The van der Waals surface area contributed by atoms with Gasteiger partial charge in [0.1, 0.15) is 0 Å². The van der Waals surface area contributed by atoms with Crippen LogP contribution in [0.1, 0.15) is 35.5 Å². The van der Waals surface area contributed by atoms with Crippen LogP contribution in [-0.4, -0.2) is 47.1 Å². The van der Waals surface area contributed by atoms with Crippen molar-refractivity contribution in [3.05, 3.63) is 35.7 Å². The number of alkyl halides is 3. The van der Waals surface area contributed by atoms with Gasteiger partial charge in [0, 0.05) is 37.3 Å². The first-order chi connectivity index (χ1) is 13.4. The minimum absolute atomic E-state index is 0.168. The van der Waals surface area contributed by atoms with Crippen LogP contribution >= 0.6 is 0 Å². The first-order valence-corrected chi connectivity index (χ1v) is 9.40. The summed E-state index contributed by atoms with van der Waals surface area (Å²) in [7, 11) is 0. The van der Waals surface area contributed by atoms with Crippen LogP contribution in [-0.2, 0) is 6.18 Å². The predicted molar refractivity (Wildman–Crippen MR) is 94.3 cm³/mol. The molecule has 0 unspecified atom stereocenters. The monoisotopic (exact) mass is 394 g/mol. The largest absolute Gasteiger partial charge is 0.471 e. The van der Waals surface area contributed by atoms with Crippen molar-refractivity contribution in [3.63, 3.8) is 0 Å². The van der Waals surface area contributed by atoms with E-state index in [-0.39, 0.29) is 11.7 Å². The number of rotatable bonds is 5. The van der Waals surface area contributed by atoms with E-state index in [1.807, 2.05) is 0 Å². The molecule has 2 heterocycles. The molecule has 1 amide bonds. The number of hydrogen-bond donors (Lipinski definition) is 1. The van der Waals surface area contributed by atoms with Crippen LogP contribution in [0.15, 0.2) is 28.8 Å². The summed E-state index contributed by atoms with van der Waals surface area (Å²) in [4.78, 5) is 18.0. The Balaban J connectivity index is 1.29. The van der Waals surface area contributed by atoms with E-state index < -0.39 is 12.1 Å². The van der Waals surface area contributed by atoms with Gasteiger partial charge in [0.15, 0.2) is 0 Å². The molecule has 2 aromatic rings. The van der Waals surface area contributed by atoms with Crippen LogP contribution in [0.25, 0.3) is 11.4 Å². The molecular formula is C19H21F3N4O2. The summed E-state index contributed by atoms with van der Waals surface area (Å²) in [6.07, 6.45) is -0.686. The van der Waals surface area contributed by atoms with Gasteiger partial charge in [-0.05, 0) is 43.2 Å². The second-order valence-corrected chi connectivity index (χ2v) is 7.56. The first-order valence-electron chi connectivity index (χ1n) is 9.40. The third-order valence-corrected chi connectivity index (χ3v) is 5.47. The van der Waals surface area contributed by atoms with Crippen molar-refractivity contribution in [3.8, 4) is 11.4 Å². The SMILES string of the molecule is O=C(NCCN1C[C@@H]2CC[C@@H](C2)C1)c1ccc(-c2noc(C(F)(F)F)n2)cc1. The minimum Gasteiger partial charge on any atom is -0.351 e. The molecule has 2 atom stereocenters. The minimum atomic E-state index is -4.68. The van der Waals surface area contributed by atoms with Crippen LogP contribution in [0.3, 0.4) is 0 Å². The Hall–Kier alpha value is -2.42. The lowest BCUT2D eigenvalue weighted by Gasteiger charge is -2.31. The van der Waals surface area contributed by atoms with Gasteiger partial charge in [-0.3, -0.25) is 4.79 Å². The highest BCUT2D eigenvalue weighted by Crippen LogP contribution is 2.36. The third-order valence-electron chi connectivity index (χ3n) is 5.47. The van der Waals surface area contributed by atoms with Crippen molar-refractivity contribution in [2.24, 2.45) is 11.8 Å². The fourth-order valence-corrected chi connectivity index (χ4v) is 4.15. The summed E-state index contributed by atoms with van der Waals surface area (Å²) in [6, 6.07) is 6.08. The molecule has 6 nitrogen and oxygen atoms in total. The standard InChI is InChI=1S/C19H21F3N4O2/c20-19(21,22)18-24-16(25-28-18)14-3-5-15(6-4-14)17(27)23-7-8-26-10-12-1-2-13(9-12)11-26/h3-6,12-13H,1-2,7-11H2,(H,23,27)/t12-,13+. The Morgan fingerprint density at radius 2 is 1.86 bits per heavy atom. The van der Waals surface area contributed by atoms with Gasteiger partial charge >= 0.3 is 12.1 Å². The third kappa shape index (κ3) is 4.19. The number of amides is 1. The topological polar surface area (TPSA) is 71.3 Å².